The number of fused-ring (bicyclic) bond motifs is 2. The summed E-state index contributed by atoms with van der Waals surface area (Å²) in [4.78, 5) is 65.8. The molecule has 8 aromatic rings. The van der Waals surface area contributed by atoms with Crippen molar-refractivity contribution in [3.8, 4) is 22.3 Å². The van der Waals surface area contributed by atoms with E-state index in [-0.39, 0.29) is 67.8 Å². The van der Waals surface area contributed by atoms with Crippen molar-refractivity contribution in [1.29, 1.82) is 0 Å². The van der Waals surface area contributed by atoms with Gasteiger partial charge in [-0.2, -0.15) is 36.3 Å². The Labute approximate surface area is 620 Å². The molecule has 0 fully saturated rings. The number of hydrogen-bond donors (Lipinski definition) is 0. The number of rotatable bonds is 26. The van der Waals surface area contributed by atoms with E-state index in [0.29, 0.717) is 21.3 Å². The average molecular weight is 1400 g/mol. The lowest BCUT2D eigenvalue weighted by Gasteiger charge is -2.28. The van der Waals surface area contributed by atoms with E-state index in [4.69, 9.17) is 43.9 Å². The Bertz CT molecular complexity index is 6100. The van der Waals surface area contributed by atoms with Gasteiger partial charge in [-0.05, 0) is 163 Å². The molecule has 22 heteroatoms. The van der Waals surface area contributed by atoms with Crippen molar-refractivity contribution in [3.05, 3.63) is 233 Å². The minimum atomic E-state index is -5.25. The lowest BCUT2D eigenvalue weighted by Crippen LogP contribution is -2.40. The quantitative estimate of drug-likeness (QED) is 0.0295. The average Bonchev–Trinajstić information content (AvgIpc) is 1.51. The second kappa shape index (κ2) is 32.9. The first-order chi connectivity index (χ1) is 61.3. The predicted molar refractivity (Wildman–Crippen MR) is 362 cm³/mol. The summed E-state index contributed by atoms with van der Waals surface area (Å²) in [5, 5.41) is -2.38. The van der Waals surface area contributed by atoms with Gasteiger partial charge in [0.25, 0.3) is 11.1 Å². The van der Waals surface area contributed by atoms with Crippen LogP contribution in [0.1, 0.15) is 157 Å². The molecule has 1 unspecified atom stereocenters. The SMILES string of the molecule is [2H]c1c([2H])c(C([2H])([2H])Sc2nc(=O)c3c(n2C([2H])([2H])C(=O)N(CCN(C([2H])([2H])C)C([2H])([2H])C)C([2H])([2H])c2c([2H])c([2H])c(-c4c([2H])c([2H])c(C(F)(F)F)c(C)c4[2H])c([2H])c2[2H])CCC3)c([2H])c([2H])c1F.[2H]c1c([2H])c(C([2H])([2H])Sc2nc(=O)c3c(n2C([2H])([2H])C(=O)N(CCN(C([2H])([2H])C)C([2H])([2H])C)C([2H])([2H])c2ccc(-c4ccc(C(F)(F)F)cc4)cc2)C([2H])([2H])C([2H])(C)C3([2H])[2H])c([2H])c([2H])c1F. The van der Waals surface area contributed by atoms with Crippen LogP contribution in [0.25, 0.3) is 22.3 Å². The molecular formula is C74H80F8N8O4S2. The fourth-order valence-electron chi connectivity index (χ4n) is 8.98. The topological polar surface area (TPSA) is 117 Å². The monoisotopic (exact) mass is 1400 g/mol. The molecule has 6 aromatic carbocycles. The maximum atomic E-state index is 15.1. The van der Waals surface area contributed by atoms with Crippen LogP contribution in [-0.2, 0) is 84.9 Å². The Kier molecular flexibility index (Phi) is 12.4. The predicted octanol–water partition coefficient (Wildman–Crippen LogP) is 15.0. The Morgan fingerprint density at radius 3 is 1.52 bits per heavy atom. The van der Waals surface area contributed by atoms with Gasteiger partial charge < -0.3 is 28.7 Å². The molecule has 0 saturated heterocycles. The zero-order valence-corrected chi connectivity index (χ0v) is 52.8. The first-order valence-electron chi connectivity index (χ1n) is 48.3. The molecule has 10 rings (SSSR count). The number of likely N-dealkylation sites (N-methyl/N-ethyl adjacent to an activating group) is 2. The Morgan fingerprint density at radius 1 is 0.573 bits per heavy atom. The molecule has 2 aliphatic rings. The van der Waals surface area contributed by atoms with Crippen LogP contribution < -0.4 is 11.1 Å². The number of halogens is 8. The van der Waals surface area contributed by atoms with Crippen LogP contribution in [0.15, 0.2) is 159 Å². The number of benzene rings is 6. The van der Waals surface area contributed by atoms with Crippen LogP contribution in [0.5, 0.6) is 0 Å². The third kappa shape index (κ3) is 19.0. The summed E-state index contributed by atoms with van der Waals surface area (Å²) in [5.41, 5.74) is -22.0. The Balaban J connectivity index is 0.000000305. The van der Waals surface area contributed by atoms with E-state index < -0.39 is 329 Å². The van der Waals surface area contributed by atoms with E-state index in [2.05, 4.69) is 9.97 Å². The number of carbonyl (C=O) groups excluding carboxylic acids is 2. The van der Waals surface area contributed by atoms with Gasteiger partial charge >= 0.3 is 12.4 Å². The first kappa shape index (κ1) is 36.1. The maximum Gasteiger partial charge on any atom is 0.416 e. The van der Waals surface area contributed by atoms with Gasteiger partial charge in [-0.3, -0.25) is 19.2 Å². The van der Waals surface area contributed by atoms with E-state index in [9.17, 15) is 55.7 Å². The molecule has 1 atom stereocenters. The standard InChI is InChI=1S/2C37H40F4N4O2S/c1-4-43(5-2)18-19-44(22-26-6-10-28(11-7-26)29-12-14-30(15-13-29)37(39,40)41)34(46)23-45-33-21-25(3)20-32(33)35(47)42-36(45)48-24-27-8-16-31(38)17-9-27;1-4-43(5-2)19-20-44(22-26-9-13-28(14-10-26)29-15-18-32(25(3)21-29)37(39,40)41)34(46)23-45-33-8-6-7-31(33)35(47)42-36(45)48-24-27-11-16-30(38)17-12-27/h6-17,25H,4-5,18-24H2,1-3H3;9-18,21H,4-8,19-20,22-24H2,1-3H3/i4D2,5D2,8D,9D,16D,17D,20D2,21D2,22D2,23D2,24D2,25D;4D2,5D2,9D,10D,11D,12D,13D,14D,15D,16D,17D,18D,21D,22D2,23D2,24D2. The van der Waals surface area contributed by atoms with E-state index in [1.54, 1.807) is 0 Å². The molecule has 2 aliphatic carbocycles. The molecule has 0 radical (unpaired) electrons. The van der Waals surface area contributed by atoms with E-state index in [0.717, 1.165) is 71.0 Å². The van der Waals surface area contributed by atoms with Gasteiger partial charge in [0.15, 0.2) is 10.3 Å². The molecule has 12 nitrogen and oxygen atoms in total. The Hall–Kier alpha value is -7.92. The van der Waals surface area contributed by atoms with E-state index >= 15 is 9.59 Å². The van der Waals surface area contributed by atoms with Gasteiger partial charge in [-0.25, -0.2) is 8.78 Å². The minimum absolute atomic E-state index is 0.0530. The molecule has 508 valence electrons. The van der Waals surface area contributed by atoms with Gasteiger partial charge in [0.05, 0.1) is 42.7 Å². The van der Waals surface area contributed by atoms with Crippen molar-refractivity contribution in [2.75, 3.05) is 52.2 Å². The van der Waals surface area contributed by atoms with Crippen LogP contribution in [0.3, 0.4) is 0 Å². The van der Waals surface area contributed by atoms with Crippen molar-refractivity contribution in [1.82, 2.24) is 38.7 Å². The Morgan fingerprint density at radius 2 is 1.03 bits per heavy atom. The molecule has 2 heterocycles. The fourth-order valence-corrected chi connectivity index (χ4v) is 10.3. The van der Waals surface area contributed by atoms with Gasteiger partial charge in [0.1, 0.15) is 24.6 Å². The molecular weight excluding hydrogens is 1280 g/mol. The third-order valence-corrected chi connectivity index (χ3v) is 15.2. The summed E-state index contributed by atoms with van der Waals surface area (Å²) in [6.07, 6.45) is -17.0. The van der Waals surface area contributed by atoms with Gasteiger partial charge in [-0.1, -0.05) is 155 Å². The van der Waals surface area contributed by atoms with Crippen molar-refractivity contribution >= 4 is 35.3 Å². The van der Waals surface area contributed by atoms with Crippen LogP contribution in [-0.4, -0.2) is 103 Å². The normalized spacial score (nSPS) is 23.0. The minimum Gasteiger partial charge on any atom is -0.336 e. The lowest BCUT2D eigenvalue weighted by atomic mass is 9.98. The summed E-state index contributed by atoms with van der Waals surface area (Å²) >= 11 is -0.639. The second-order valence-electron chi connectivity index (χ2n) is 19.9. The highest BCUT2D eigenvalue weighted by molar-refractivity contribution is 7.98. The van der Waals surface area contributed by atoms with Crippen LogP contribution >= 0.6 is 23.5 Å². The molecule has 0 bridgehead atoms. The van der Waals surface area contributed by atoms with Crippen molar-refractivity contribution < 1.29 is 99.5 Å². The smallest absolute Gasteiger partial charge is 0.336 e. The molecule has 0 saturated carbocycles. The first-order valence-corrected chi connectivity index (χ1v) is 29.9. The van der Waals surface area contributed by atoms with Crippen LogP contribution in [0.4, 0.5) is 35.1 Å². The number of nitrogens with zero attached hydrogens (tertiary/aromatic N) is 8. The van der Waals surface area contributed by atoms with Crippen LogP contribution in [0.2, 0.25) is 0 Å². The highest BCUT2D eigenvalue weighted by Gasteiger charge is 2.34. The van der Waals surface area contributed by atoms with E-state index in [1.165, 1.54) is 12.1 Å². The number of aromatic nitrogens is 4. The van der Waals surface area contributed by atoms with Crippen LogP contribution in [0, 0.1) is 24.5 Å². The fraction of sp³-hybridized carbons (Fsp3) is 0.378. The number of amides is 2. The van der Waals surface area contributed by atoms with Crippen molar-refractivity contribution in [2.24, 2.45) is 5.89 Å². The van der Waals surface area contributed by atoms with Gasteiger partial charge in [0.2, 0.25) is 11.8 Å². The number of carbonyl (C=O) groups is 2. The molecule has 0 spiro atoms. The number of thioether (sulfide) groups is 2. The summed E-state index contributed by atoms with van der Waals surface area (Å²) in [7, 11) is 0. The zero-order chi connectivity index (χ0) is 104. The maximum absolute atomic E-state index is 15.1. The largest absolute Gasteiger partial charge is 0.416 e. The molecule has 2 amide bonds. The van der Waals surface area contributed by atoms with Crippen molar-refractivity contribution in [2.45, 2.75) is 134 Å². The highest BCUT2D eigenvalue weighted by Crippen LogP contribution is 2.36. The molecule has 0 aliphatic heterocycles. The molecule has 96 heavy (non-hydrogen) atoms. The third-order valence-electron chi connectivity index (χ3n) is 13.6. The highest BCUT2D eigenvalue weighted by atomic mass is 32.2. The molecule has 0 N–H and O–H groups in total. The zero-order valence-electron chi connectivity index (χ0n) is 91.1. The summed E-state index contributed by atoms with van der Waals surface area (Å²) in [6.45, 7) is -24.6. The van der Waals surface area contributed by atoms with E-state index in [1.807, 2.05) is 0 Å². The summed E-state index contributed by atoms with van der Waals surface area (Å²) in [6, 6.07) is -11.3. The number of hydrogen-bond acceptors (Lipinski definition) is 10. The summed E-state index contributed by atoms with van der Waals surface area (Å²) in [5.74, 6) is -10.5. The van der Waals surface area contributed by atoms with Gasteiger partial charge in [-0.15, -0.1) is 0 Å². The number of alkyl halides is 6. The molecule has 2 aromatic heterocycles. The second-order valence-corrected chi connectivity index (χ2v) is 21.5. The van der Waals surface area contributed by atoms with Crippen molar-refractivity contribution in [3.63, 3.8) is 0 Å². The van der Waals surface area contributed by atoms with Gasteiger partial charge in [0, 0.05) is 96.4 Å². The lowest BCUT2D eigenvalue weighted by molar-refractivity contribution is -0.138. The summed E-state index contributed by atoms with van der Waals surface area (Å²) < 4.78 is 457.